The Labute approximate surface area is 218 Å². The molecule has 1 N–H and O–H groups in total. The fraction of sp³-hybridized carbons (Fsp3) is 0.536. The lowest BCUT2D eigenvalue weighted by Crippen LogP contribution is -2.63. The van der Waals surface area contributed by atoms with E-state index in [1.165, 1.54) is 33.3 Å². The highest BCUT2D eigenvalue weighted by molar-refractivity contribution is 5.83. The molecule has 9 heteroatoms. The van der Waals surface area contributed by atoms with Crippen LogP contribution in [0.5, 0.6) is 0 Å². The highest BCUT2D eigenvalue weighted by Gasteiger charge is 2.59. The zero-order chi connectivity index (χ0) is 27.6. The van der Waals surface area contributed by atoms with E-state index in [0.29, 0.717) is 18.5 Å². The molecule has 0 radical (unpaired) electrons. The summed E-state index contributed by atoms with van der Waals surface area (Å²) in [4.78, 5) is 35.4. The van der Waals surface area contributed by atoms with Crippen LogP contribution in [0.25, 0.3) is 0 Å². The van der Waals surface area contributed by atoms with Crippen LogP contribution in [0.3, 0.4) is 0 Å². The summed E-state index contributed by atoms with van der Waals surface area (Å²) in [6, 6.07) is 9.61. The van der Waals surface area contributed by atoms with Crippen LogP contribution in [-0.2, 0) is 44.7 Å². The van der Waals surface area contributed by atoms with Crippen LogP contribution >= 0.6 is 0 Å². The number of hydrogen-bond donors (Lipinski definition) is 1. The zero-order valence-corrected chi connectivity index (χ0v) is 22.3. The first kappa shape index (κ1) is 30.4. The van der Waals surface area contributed by atoms with Gasteiger partial charge in [0.15, 0.2) is 6.10 Å². The van der Waals surface area contributed by atoms with Gasteiger partial charge in [0.25, 0.3) is 0 Å². The summed E-state index contributed by atoms with van der Waals surface area (Å²) >= 11 is 0. The van der Waals surface area contributed by atoms with Gasteiger partial charge in [-0.25, -0.2) is 4.79 Å². The van der Waals surface area contributed by atoms with E-state index in [2.05, 4.69) is 0 Å². The smallest absolute Gasteiger partial charge is 0.330 e. The Morgan fingerprint density at radius 1 is 1.24 bits per heavy atom. The highest BCUT2D eigenvalue weighted by atomic mass is 16.7. The Morgan fingerprint density at radius 3 is 2.49 bits per heavy atom. The summed E-state index contributed by atoms with van der Waals surface area (Å²) < 4.78 is 28.7. The van der Waals surface area contributed by atoms with Gasteiger partial charge in [0.1, 0.15) is 6.29 Å². The van der Waals surface area contributed by atoms with Gasteiger partial charge in [0.2, 0.25) is 5.79 Å². The Hall–Kier alpha value is -2.85. The first-order valence-corrected chi connectivity index (χ1v) is 12.1. The van der Waals surface area contributed by atoms with Crippen LogP contribution in [0, 0.1) is 5.41 Å². The van der Waals surface area contributed by atoms with Crippen LogP contribution in [0.4, 0.5) is 0 Å². The standard InChI is InChI=1S/C28H38O9/c1-19(35-18-21-11-8-7-9-12-21)24(31)17-23-15-22(16-25(32)33-5)26(36-20(2)30)28(34-6,37-23)27(3,4)13-10-14-29/h7-14,16,19,23-24,26,31H,15,17-18H2,1-6H3/b13-10+,22-16+/t19-,23-,24+,26-,28+/m0/s1. The van der Waals surface area contributed by atoms with Gasteiger partial charge < -0.3 is 28.8 Å². The van der Waals surface area contributed by atoms with Crippen molar-refractivity contribution in [1.82, 2.24) is 0 Å². The molecule has 1 saturated heterocycles. The van der Waals surface area contributed by atoms with Crippen molar-refractivity contribution in [3.8, 4) is 0 Å². The lowest BCUT2D eigenvalue weighted by atomic mass is 9.74. The maximum absolute atomic E-state index is 12.2. The number of rotatable bonds is 12. The minimum atomic E-state index is -1.63. The van der Waals surface area contributed by atoms with Gasteiger partial charge in [0, 0.05) is 31.9 Å². The van der Waals surface area contributed by atoms with E-state index in [1.807, 2.05) is 30.3 Å². The number of benzene rings is 1. The number of ether oxygens (including phenoxy) is 5. The van der Waals surface area contributed by atoms with E-state index in [1.54, 1.807) is 26.8 Å². The van der Waals surface area contributed by atoms with Crippen molar-refractivity contribution in [3.05, 3.63) is 59.7 Å². The summed E-state index contributed by atoms with van der Waals surface area (Å²) in [7, 11) is 2.64. The molecular formula is C28H38O9. The van der Waals surface area contributed by atoms with Gasteiger partial charge in [-0.05, 0) is 30.6 Å². The summed E-state index contributed by atoms with van der Waals surface area (Å²) in [5, 5.41) is 11.0. The average molecular weight is 519 g/mol. The molecule has 1 aromatic carbocycles. The number of carbonyl (C=O) groups is 3. The van der Waals surface area contributed by atoms with Crippen molar-refractivity contribution in [2.24, 2.45) is 5.41 Å². The molecule has 1 aliphatic heterocycles. The second kappa shape index (κ2) is 13.6. The van der Waals surface area contributed by atoms with Crippen LogP contribution in [0.2, 0.25) is 0 Å². The number of aliphatic hydroxyl groups is 1. The molecule has 37 heavy (non-hydrogen) atoms. The number of esters is 2. The SMILES string of the molecule is COC(=O)/C=C1\C[C@@H](C[C@@H](O)[C@H](C)OCc2ccccc2)O[C@@](OC)(C(C)(C)/C=C/C=O)[C@H]1OC(C)=O. The van der Waals surface area contributed by atoms with Crippen molar-refractivity contribution >= 4 is 18.2 Å². The van der Waals surface area contributed by atoms with Gasteiger partial charge in [-0.3, -0.25) is 9.59 Å². The van der Waals surface area contributed by atoms with E-state index < -0.39 is 47.6 Å². The minimum Gasteiger partial charge on any atom is -0.466 e. The van der Waals surface area contributed by atoms with Gasteiger partial charge in [-0.15, -0.1) is 0 Å². The minimum absolute atomic E-state index is 0.139. The molecule has 0 aromatic heterocycles. The predicted octanol–water partition coefficient (Wildman–Crippen LogP) is 3.29. The third-order valence-electron chi connectivity index (χ3n) is 6.47. The Morgan fingerprint density at radius 2 is 1.92 bits per heavy atom. The second-order valence-corrected chi connectivity index (χ2v) is 9.57. The lowest BCUT2D eigenvalue weighted by molar-refractivity contribution is -0.338. The van der Waals surface area contributed by atoms with Gasteiger partial charge in [0.05, 0.1) is 32.0 Å². The molecule has 1 heterocycles. The molecule has 1 aromatic rings. The van der Waals surface area contributed by atoms with Gasteiger partial charge in [-0.1, -0.05) is 50.3 Å². The van der Waals surface area contributed by atoms with Gasteiger partial charge >= 0.3 is 11.9 Å². The largest absolute Gasteiger partial charge is 0.466 e. The van der Waals surface area contributed by atoms with Crippen molar-refractivity contribution < 1.29 is 43.2 Å². The van der Waals surface area contributed by atoms with Gasteiger partial charge in [-0.2, -0.15) is 0 Å². The molecule has 0 saturated carbocycles. The average Bonchev–Trinajstić information content (AvgIpc) is 2.87. The zero-order valence-electron chi connectivity index (χ0n) is 22.3. The lowest BCUT2D eigenvalue weighted by Gasteiger charge is -2.53. The first-order valence-electron chi connectivity index (χ1n) is 12.1. The predicted molar refractivity (Wildman–Crippen MR) is 135 cm³/mol. The quantitative estimate of drug-likeness (QED) is 0.253. The molecule has 2 rings (SSSR count). The molecule has 9 nitrogen and oxygen atoms in total. The van der Waals surface area contributed by atoms with Crippen molar-refractivity contribution in [3.63, 3.8) is 0 Å². The number of hydrogen-bond acceptors (Lipinski definition) is 9. The first-order chi connectivity index (χ1) is 17.5. The topological polar surface area (TPSA) is 118 Å². The fourth-order valence-electron chi connectivity index (χ4n) is 4.44. The Balaban J connectivity index is 2.39. The molecule has 0 aliphatic carbocycles. The van der Waals surface area contributed by atoms with E-state index in [-0.39, 0.29) is 12.8 Å². The number of methoxy groups -OCH3 is 2. The number of aldehydes is 1. The van der Waals surface area contributed by atoms with Crippen LogP contribution in [0.15, 0.2) is 54.1 Å². The Bertz CT molecular complexity index is 969. The normalized spacial score (nSPS) is 25.0. The number of carbonyl (C=O) groups excluding carboxylic acids is 3. The molecule has 0 bridgehead atoms. The molecule has 0 amide bonds. The molecule has 1 fully saturated rings. The van der Waals surface area contributed by atoms with Crippen LogP contribution in [0.1, 0.15) is 46.1 Å². The third-order valence-corrected chi connectivity index (χ3v) is 6.47. The van der Waals surface area contributed by atoms with E-state index in [9.17, 15) is 19.5 Å². The molecule has 0 spiro atoms. The molecular weight excluding hydrogens is 480 g/mol. The van der Waals surface area contributed by atoms with Crippen LogP contribution < -0.4 is 0 Å². The number of allylic oxidation sites excluding steroid dienone is 1. The highest BCUT2D eigenvalue weighted by Crippen LogP contribution is 2.48. The third kappa shape index (κ3) is 7.82. The molecule has 204 valence electrons. The monoisotopic (exact) mass is 518 g/mol. The molecule has 0 unspecified atom stereocenters. The summed E-state index contributed by atoms with van der Waals surface area (Å²) in [6.45, 7) is 6.86. The Kier molecular flexibility index (Phi) is 11.2. The van der Waals surface area contributed by atoms with E-state index in [4.69, 9.17) is 23.7 Å². The van der Waals surface area contributed by atoms with Crippen LogP contribution in [-0.4, -0.2) is 67.8 Å². The number of aliphatic hydroxyl groups excluding tert-OH is 1. The van der Waals surface area contributed by atoms with Crippen molar-refractivity contribution in [2.45, 2.75) is 77.3 Å². The second-order valence-electron chi connectivity index (χ2n) is 9.57. The fourth-order valence-corrected chi connectivity index (χ4v) is 4.44. The van der Waals surface area contributed by atoms with Crippen molar-refractivity contribution in [2.75, 3.05) is 14.2 Å². The summed E-state index contributed by atoms with van der Waals surface area (Å²) in [6.07, 6.45) is 1.84. The molecule has 5 atom stereocenters. The van der Waals surface area contributed by atoms with E-state index >= 15 is 0 Å². The maximum atomic E-state index is 12.2. The molecule has 1 aliphatic rings. The maximum Gasteiger partial charge on any atom is 0.330 e. The van der Waals surface area contributed by atoms with Crippen molar-refractivity contribution in [1.29, 1.82) is 0 Å². The summed E-state index contributed by atoms with van der Waals surface area (Å²) in [5.74, 6) is -2.88. The summed E-state index contributed by atoms with van der Waals surface area (Å²) in [5.41, 5.74) is 0.361. The van der Waals surface area contributed by atoms with E-state index in [0.717, 1.165) is 5.56 Å².